The first kappa shape index (κ1) is 41.9. The first-order valence-corrected chi connectivity index (χ1v) is 21.6. The number of rotatable bonds is 14. The Morgan fingerprint density at radius 2 is 1.63 bits per heavy atom. The molecule has 11 nitrogen and oxygen atoms in total. The maximum absolute atomic E-state index is 15.6. The van der Waals surface area contributed by atoms with E-state index in [9.17, 15) is 5.11 Å². The van der Waals surface area contributed by atoms with Crippen LogP contribution < -0.4 is 9.47 Å². The van der Waals surface area contributed by atoms with Gasteiger partial charge in [-0.25, -0.2) is 0 Å². The number of methoxy groups -OCH3 is 2. The van der Waals surface area contributed by atoms with E-state index < -0.39 is 72.2 Å². The summed E-state index contributed by atoms with van der Waals surface area (Å²) in [4.78, 5) is 32.7. The van der Waals surface area contributed by atoms with Crippen LogP contribution in [0.3, 0.4) is 0 Å². The molecule has 0 saturated heterocycles. The Kier molecular flexibility index (Phi) is 11.9. The Morgan fingerprint density at radius 3 is 2.17 bits per heavy atom. The highest BCUT2D eigenvalue weighted by Crippen LogP contribution is 2.60. The van der Waals surface area contributed by atoms with Crippen molar-refractivity contribution in [2.45, 2.75) is 115 Å². The predicted molar refractivity (Wildman–Crippen MR) is 197 cm³/mol. The second-order valence-electron chi connectivity index (χ2n) is 16.3. The number of ether oxygens (including phenoxy) is 4. The SMILES string of the molecule is CCCCOc1cc(C(OC)OC)c(C(F)(F)F)c2c1C(O)=C1C(=O)[C@]3(O[Si](C)(C)C(C)(C)C)C(=O)c4c(OCCCC)noc4[C@@H](N(C)C)[C@@H]3C[C@@H]1C2. The molecule has 0 unspecified atom stereocenters. The van der Waals surface area contributed by atoms with Crippen molar-refractivity contribution < 1.29 is 55.8 Å². The van der Waals surface area contributed by atoms with Gasteiger partial charge in [0.1, 0.15) is 17.1 Å². The third-order valence-corrected chi connectivity index (χ3v) is 16.0. The summed E-state index contributed by atoms with van der Waals surface area (Å²) in [7, 11) is 3.01. The van der Waals surface area contributed by atoms with Crippen molar-refractivity contribution in [3.8, 4) is 11.6 Å². The van der Waals surface area contributed by atoms with Crippen molar-refractivity contribution in [1.82, 2.24) is 10.1 Å². The minimum Gasteiger partial charge on any atom is -0.507 e. The maximum Gasteiger partial charge on any atom is 0.417 e. The third kappa shape index (κ3) is 6.92. The highest BCUT2D eigenvalue weighted by molar-refractivity contribution is 6.74. The van der Waals surface area contributed by atoms with Crippen LogP contribution in [0.1, 0.15) is 117 Å². The number of carbonyl (C=O) groups excluding carboxylic acids is 2. The molecule has 2 aromatic rings. The Morgan fingerprint density at radius 1 is 1.02 bits per heavy atom. The highest BCUT2D eigenvalue weighted by Gasteiger charge is 2.69. The Hall–Kier alpha value is -3.24. The van der Waals surface area contributed by atoms with E-state index in [0.717, 1.165) is 12.8 Å². The fourth-order valence-electron chi connectivity index (χ4n) is 7.94. The van der Waals surface area contributed by atoms with E-state index in [1.54, 1.807) is 19.0 Å². The molecule has 0 amide bonds. The average molecular weight is 781 g/mol. The van der Waals surface area contributed by atoms with Crippen LogP contribution >= 0.6 is 0 Å². The number of aliphatic hydroxyl groups is 1. The molecule has 1 aromatic heterocycles. The number of hydrogen-bond donors (Lipinski definition) is 1. The average Bonchev–Trinajstić information content (AvgIpc) is 3.48. The lowest BCUT2D eigenvalue weighted by Crippen LogP contribution is -2.68. The van der Waals surface area contributed by atoms with Gasteiger partial charge in [0.25, 0.3) is 5.88 Å². The van der Waals surface area contributed by atoms with Crippen molar-refractivity contribution >= 4 is 25.6 Å². The van der Waals surface area contributed by atoms with Gasteiger partial charge in [0.05, 0.1) is 30.4 Å². The molecular formula is C39H55F3N2O9Si. The van der Waals surface area contributed by atoms with Gasteiger partial charge in [0, 0.05) is 31.3 Å². The zero-order valence-corrected chi connectivity index (χ0v) is 34.3. The molecule has 3 aliphatic rings. The van der Waals surface area contributed by atoms with Crippen LogP contribution in [0.5, 0.6) is 11.6 Å². The number of benzene rings is 1. The lowest BCUT2D eigenvalue weighted by atomic mass is 9.57. The van der Waals surface area contributed by atoms with E-state index in [0.29, 0.717) is 12.8 Å². The summed E-state index contributed by atoms with van der Waals surface area (Å²) in [6.45, 7) is 14.1. The van der Waals surface area contributed by atoms with Crippen molar-refractivity contribution in [2.75, 3.05) is 41.5 Å². The van der Waals surface area contributed by atoms with E-state index >= 15 is 22.8 Å². The standard InChI is InChI=1S/C39H55F3N2O9Si/c1-12-14-16-50-25-20-23(36(48-8)49-9)29(39(40,41)42)22-18-21-19-24-30(44(6)7)32-28(35(43-52-32)51-17-15-13-2)34(47)38(24,53-54(10,11)37(3,4)5)33(46)26(21)31(45)27(22)25/h20-21,24,30,36,45H,12-19H2,1-11H3/t21-,24-,30-,38-/m0/s1. The number of halogens is 3. The van der Waals surface area contributed by atoms with Crippen LogP contribution in [0.2, 0.25) is 18.1 Å². The maximum atomic E-state index is 15.6. The largest absolute Gasteiger partial charge is 0.507 e. The van der Waals surface area contributed by atoms with Gasteiger partial charge in [-0.2, -0.15) is 13.2 Å². The summed E-state index contributed by atoms with van der Waals surface area (Å²) in [6.07, 6.45) is -3.77. The molecule has 5 rings (SSSR count). The van der Waals surface area contributed by atoms with Gasteiger partial charge in [-0.1, -0.05) is 47.5 Å². The smallest absolute Gasteiger partial charge is 0.417 e. The van der Waals surface area contributed by atoms with Crippen LogP contribution in [0.25, 0.3) is 5.76 Å². The molecule has 0 bridgehead atoms. The van der Waals surface area contributed by atoms with Gasteiger partial charge in [-0.15, -0.1) is 0 Å². The molecule has 1 N–H and O–H groups in total. The number of aromatic nitrogens is 1. The summed E-state index contributed by atoms with van der Waals surface area (Å²) >= 11 is 0. The Labute approximate surface area is 316 Å². The quantitative estimate of drug-likeness (QED) is 0.0856. The van der Waals surface area contributed by atoms with E-state index in [1.165, 1.54) is 20.3 Å². The molecule has 0 radical (unpaired) electrons. The topological polar surface area (TPSA) is 130 Å². The number of nitrogens with zero attached hydrogens (tertiary/aromatic N) is 2. The molecule has 1 heterocycles. The summed E-state index contributed by atoms with van der Waals surface area (Å²) < 4.78 is 81.4. The molecule has 1 fully saturated rings. The summed E-state index contributed by atoms with van der Waals surface area (Å²) in [6, 6.07) is 0.404. The second kappa shape index (κ2) is 15.4. The molecule has 4 atom stereocenters. The Bertz CT molecular complexity index is 1780. The van der Waals surface area contributed by atoms with Crippen LogP contribution in [0.15, 0.2) is 16.2 Å². The van der Waals surface area contributed by atoms with Gasteiger partial charge < -0.3 is 33.0 Å². The lowest BCUT2D eigenvalue weighted by molar-refractivity contribution is -0.148. The van der Waals surface area contributed by atoms with Crippen molar-refractivity contribution in [2.24, 2.45) is 11.8 Å². The molecule has 3 aliphatic carbocycles. The number of aliphatic hydroxyl groups excluding tert-OH is 1. The molecule has 15 heteroatoms. The lowest BCUT2D eigenvalue weighted by Gasteiger charge is -2.55. The van der Waals surface area contributed by atoms with Gasteiger partial charge in [0.2, 0.25) is 11.6 Å². The highest BCUT2D eigenvalue weighted by atomic mass is 28.4. The van der Waals surface area contributed by atoms with Gasteiger partial charge >= 0.3 is 6.18 Å². The fraction of sp³-hybridized carbons (Fsp3) is 0.667. The molecule has 300 valence electrons. The molecular weight excluding hydrogens is 726 g/mol. The van der Waals surface area contributed by atoms with E-state index in [1.807, 2.05) is 47.7 Å². The first-order valence-electron chi connectivity index (χ1n) is 18.7. The van der Waals surface area contributed by atoms with Gasteiger partial charge in [0.15, 0.2) is 26.0 Å². The van der Waals surface area contributed by atoms with Crippen LogP contribution in [-0.4, -0.2) is 82.2 Å². The molecule has 0 spiro atoms. The first-order chi connectivity index (χ1) is 25.2. The number of ketones is 2. The van der Waals surface area contributed by atoms with E-state index in [2.05, 4.69) is 5.16 Å². The zero-order chi connectivity index (χ0) is 40.1. The van der Waals surface area contributed by atoms with E-state index in [4.69, 9.17) is 27.9 Å². The Balaban J connectivity index is 1.84. The normalized spacial score (nSPS) is 23.1. The third-order valence-electron chi connectivity index (χ3n) is 11.6. The van der Waals surface area contributed by atoms with E-state index in [-0.39, 0.29) is 71.3 Å². The molecule has 1 saturated carbocycles. The van der Waals surface area contributed by atoms with Gasteiger partial charge in [-0.3, -0.25) is 14.5 Å². The molecule has 0 aliphatic heterocycles. The number of hydrogen-bond acceptors (Lipinski definition) is 11. The minimum atomic E-state index is -4.90. The van der Waals surface area contributed by atoms with Crippen molar-refractivity contribution in [3.05, 3.63) is 45.2 Å². The summed E-state index contributed by atoms with van der Waals surface area (Å²) in [5.41, 5.74) is -4.16. The number of unbranched alkanes of at least 4 members (excludes halogenated alkanes) is 2. The number of alkyl halides is 3. The number of fused-ring (bicyclic) bond motifs is 4. The van der Waals surface area contributed by atoms with Crippen molar-refractivity contribution in [1.29, 1.82) is 0 Å². The molecule has 54 heavy (non-hydrogen) atoms. The minimum absolute atomic E-state index is 0.000576. The van der Waals surface area contributed by atoms with Crippen LogP contribution in [0, 0.1) is 11.8 Å². The number of Topliss-reactive ketones (excluding diaryl/α,β-unsaturated/α-hetero) is 2. The van der Waals surface area contributed by atoms with Gasteiger partial charge in [-0.05, 0) is 80.6 Å². The fourth-order valence-corrected chi connectivity index (χ4v) is 9.39. The predicted octanol–water partition coefficient (Wildman–Crippen LogP) is 8.63. The summed E-state index contributed by atoms with van der Waals surface area (Å²) in [5, 5.41) is 16.0. The zero-order valence-electron chi connectivity index (χ0n) is 33.3. The monoisotopic (exact) mass is 780 g/mol. The van der Waals surface area contributed by atoms with Crippen LogP contribution in [-0.2, 0) is 31.3 Å². The van der Waals surface area contributed by atoms with Crippen molar-refractivity contribution in [3.63, 3.8) is 0 Å². The number of carbonyl (C=O) groups is 2. The molecule has 1 aromatic carbocycles. The summed E-state index contributed by atoms with van der Waals surface area (Å²) in [5.74, 6) is -3.91. The second-order valence-corrected chi connectivity index (χ2v) is 21.0. The van der Waals surface area contributed by atoms with Crippen LogP contribution in [0.4, 0.5) is 13.2 Å².